The lowest BCUT2D eigenvalue weighted by Crippen LogP contribution is -2.21. The van der Waals surface area contributed by atoms with E-state index in [4.69, 9.17) is 4.74 Å². The molecular weight excluding hydrogens is 176 g/mol. The Morgan fingerprint density at radius 3 is 2.36 bits per heavy atom. The third kappa shape index (κ3) is 1.67. The molecule has 0 saturated heterocycles. The molecule has 2 fully saturated rings. The van der Waals surface area contributed by atoms with Crippen LogP contribution in [0.2, 0.25) is 0 Å². The first-order chi connectivity index (χ1) is 6.72. The Balaban J connectivity index is 1.85. The van der Waals surface area contributed by atoms with Crippen molar-refractivity contribution in [1.29, 1.82) is 0 Å². The van der Waals surface area contributed by atoms with Crippen molar-refractivity contribution in [3.63, 3.8) is 0 Å². The molecular formula is C12H20O2. The predicted molar refractivity (Wildman–Crippen MR) is 54.7 cm³/mol. The number of hydrogen-bond donors (Lipinski definition) is 0. The highest BCUT2D eigenvalue weighted by Gasteiger charge is 2.43. The van der Waals surface area contributed by atoms with E-state index in [9.17, 15) is 4.79 Å². The highest BCUT2D eigenvalue weighted by atomic mass is 16.5. The average Bonchev–Trinajstić information content (AvgIpc) is 2.42. The van der Waals surface area contributed by atoms with Gasteiger partial charge in [-0.3, -0.25) is 4.79 Å². The summed E-state index contributed by atoms with van der Waals surface area (Å²) in [6, 6.07) is 0. The largest absolute Gasteiger partial charge is 0.466 e. The molecule has 80 valence electrons. The lowest BCUT2D eigenvalue weighted by atomic mass is 9.77. The van der Waals surface area contributed by atoms with E-state index in [0.29, 0.717) is 12.5 Å². The number of carbonyl (C=O) groups excluding carboxylic acids is 1. The summed E-state index contributed by atoms with van der Waals surface area (Å²) < 4.78 is 5.07. The minimum absolute atomic E-state index is 0.0128. The van der Waals surface area contributed by atoms with Crippen LogP contribution in [0.3, 0.4) is 0 Å². The zero-order valence-corrected chi connectivity index (χ0v) is 9.16. The lowest BCUT2D eigenvalue weighted by molar-refractivity contribution is -0.149. The average molecular weight is 196 g/mol. The molecule has 0 amide bonds. The molecule has 2 aliphatic rings. The Morgan fingerprint density at radius 2 is 1.93 bits per heavy atom. The van der Waals surface area contributed by atoms with Gasteiger partial charge in [0.15, 0.2) is 0 Å². The van der Waals surface area contributed by atoms with Crippen LogP contribution in [-0.4, -0.2) is 12.6 Å². The Labute approximate surface area is 86.0 Å². The first kappa shape index (κ1) is 10.0. The summed E-state index contributed by atoms with van der Waals surface area (Å²) in [5, 5.41) is 0. The number of hydrogen-bond acceptors (Lipinski definition) is 2. The SMILES string of the molecule is CCOC(=O)C(C)C1CC2CCC2C1. The second-order valence-electron chi connectivity index (χ2n) is 4.87. The van der Waals surface area contributed by atoms with Gasteiger partial charge in [0, 0.05) is 0 Å². The third-order valence-electron chi connectivity index (χ3n) is 4.15. The maximum absolute atomic E-state index is 11.5. The lowest BCUT2D eigenvalue weighted by Gasteiger charge is -2.29. The van der Waals surface area contributed by atoms with E-state index in [1.54, 1.807) is 0 Å². The van der Waals surface area contributed by atoms with Crippen molar-refractivity contribution in [2.75, 3.05) is 6.61 Å². The van der Waals surface area contributed by atoms with Gasteiger partial charge in [-0.1, -0.05) is 6.92 Å². The normalized spacial score (nSPS) is 37.1. The van der Waals surface area contributed by atoms with Crippen molar-refractivity contribution >= 4 is 5.97 Å². The van der Waals surface area contributed by atoms with Crippen molar-refractivity contribution in [2.45, 2.75) is 39.5 Å². The first-order valence-electron chi connectivity index (χ1n) is 5.89. The van der Waals surface area contributed by atoms with E-state index in [1.807, 2.05) is 13.8 Å². The third-order valence-corrected chi connectivity index (χ3v) is 4.15. The van der Waals surface area contributed by atoms with Gasteiger partial charge in [0.1, 0.15) is 0 Å². The van der Waals surface area contributed by atoms with Crippen LogP contribution in [0.15, 0.2) is 0 Å². The van der Waals surface area contributed by atoms with Crippen LogP contribution >= 0.6 is 0 Å². The molecule has 2 heteroatoms. The zero-order chi connectivity index (χ0) is 10.1. The van der Waals surface area contributed by atoms with E-state index < -0.39 is 0 Å². The van der Waals surface area contributed by atoms with Gasteiger partial charge in [0.25, 0.3) is 0 Å². The fraction of sp³-hybridized carbons (Fsp3) is 0.917. The molecule has 3 atom stereocenters. The smallest absolute Gasteiger partial charge is 0.308 e. The molecule has 0 aliphatic heterocycles. The van der Waals surface area contributed by atoms with Gasteiger partial charge in [0.05, 0.1) is 12.5 Å². The van der Waals surface area contributed by atoms with Crippen molar-refractivity contribution in [3.05, 3.63) is 0 Å². The van der Waals surface area contributed by atoms with Gasteiger partial charge < -0.3 is 4.74 Å². The van der Waals surface area contributed by atoms with E-state index >= 15 is 0 Å². The fourth-order valence-corrected chi connectivity index (χ4v) is 3.01. The number of rotatable bonds is 3. The second kappa shape index (κ2) is 3.92. The summed E-state index contributed by atoms with van der Waals surface area (Å²) in [6.07, 6.45) is 5.34. The van der Waals surface area contributed by atoms with Crippen LogP contribution in [0.25, 0.3) is 0 Å². The number of carbonyl (C=O) groups is 1. The summed E-state index contributed by atoms with van der Waals surface area (Å²) in [7, 11) is 0. The zero-order valence-electron chi connectivity index (χ0n) is 9.16. The molecule has 14 heavy (non-hydrogen) atoms. The van der Waals surface area contributed by atoms with Gasteiger partial charge in [-0.15, -0.1) is 0 Å². The number of esters is 1. The Kier molecular flexibility index (Phi) is 2.80. The van der Waals surface area contributed by atoms with Crippen molar-refractivity contribution in [2.24, 2.45) is 23.7 Å². The Bertz CT molecular complexity index is 212. The monoisotopic (exact) mass is 196 g/mol. The first-order valence-corrected chi connectivity index (χ1v) is 5.89. The standard InChI is InChI=1S/C12H20O2/c1-3-14-12(13)8(2)11-6-9-4-5-10(9)7-11/h8-11H,3-7H2,1-2H3. The van der Waals surface area contributed by atoms with Crippen molar-refractivity contribution < 1.29 is 9.53 Å². The highest BCUT2D eigenvalue weighted by molar-refractivity contribution is 5.72. The van der Waals surface area contributed by atoms with E-state index in [0.717, 1.165) is 11.8 Å². The van der Waals surface area contributed by atoms with E-state index in [-0.39, 0.29) is 11.9 Å². The summed E-state index contributed by atoms with van der Waals surface area (Å²) in [5.41, 5.74) is 0. The van der Waals surface area contributed by atoms with Gasteiger partial charge in [-0.25, -0.2) is 0 Å². The highest BCUT2D eigenvalue weighted by Crippen LogP contribution is 2.51. The molecule has 0 aromatic carbocycles. The topological polar surface area (TPSA) is 26.3 Å². The molecule has 3 unspecified atom stereocenters. The van der Waals surface area contributed by atoms with E-state index in [1.165, 1.54) is 25.7 Å². The molecule has 0 aromatic heterocycles. The molecule has 0 heterocycles. The van der Waals surface area contributed by atoms with Crippen LogP contribution in [0.5, 0.6) is 0 Å². The summed E-state index contributed by atoms with van der Waals surface area (Å²) in [4.78, 5) is 11.5. The van der Waals surface area contributed by atoms with Crippen molar-refractivity contribution in [1.82, 2.24) is 0 Å². The van der Waals surface area contributed by atoms with Crippen LogP contribution in [0.1, 0.15) is 39.5 Å². The molecule has 0 spiro atoms. The minimum Gasteiger partial charge on any atom is -0.466 e. The fourth-order valence-electron chi connectivity index (χ4n) is 3.01. The van der Waals surface area contributed by atoms with Gasteiger partial charge >= 0.3 is 5.97 Å². The molecule has 2 aliphatic carbocycles. The van der Waals surface area contributed by atoms with Crippen molar-refractivity contribution in [3.8, 4) is 0 Å². The number of fused-ring (bicyclic) bond motifs is 1. The number of ether oxygens (including phenoxy) is 1. The Morgan fingerprint density at radius 1 is 1.36 bits per heavy atom. The molecule has 2 saturated carbocycles. The molecule has 2 rings (SSSR count). The molecule has 0 bridgehead atoms. The molecule has 0 radical (unpaired) electrons. The second-order valence-corrected chi connectivity index (χ2v) is 4.87. The maximum Gasteiger partial charge on any atom is 0.308 e. The quantitative estimate of drug-likeness (QED) is 0.649. The Hall–Kier alpha value is -0.530. The summed E-state index contributed by atoms with van der Waals surface area (Å²) >= 11 is 0. The van der Waals surface area contributed by atoms with Gasteiger partial charge in [0.2, 0.25) is 0 Å². The van der Waals surface area contributed by atoms with Crippen LogP contribution in [0, 0.1) is 23.7 Å². The molecule has 2 nitrogen and oxygen atoms in total. The van der Waals surface area contributed by atoms with Crippen LogP contribution in [0.4, 0.5) is 0 Å². The minimum atomic E-state index is 0.0128. The maximum atomic E-state index is 11.5. The van der Waals surface area contributed by atoms with Crippen LogP contribution in [-0.2, 0) is 9.53 Å². The van der Waals surface area contributed by atoms with Gasteiger partial charge in [-0.2, -0.15) is 0 Å². The summed E-state index contributed by atoms with van der Waals surface area (Å²) in [5.74, 6) is 2.62. The predicted octanol–water partition coefficient (Wildman–Crippen LogP) is 2.62. The van der Waals surface area contributed by atoms with Crippen LogP contribution < -0.4 is 0 Å². The molecule has 0 N–H and O–H groups in total. The molecule has 0 aromatic rings. The summed E-state index contributed by atoms with van der Waals surface area (Å²) in [6.45, 7) is 4.43. The van der Waals surface area contributed by atoms with E-state index in [2.05, 4.69) is 0 Å². The van der Waals surface area contributed by atoms with Gasteiger partial charge in [-0.05, 0) is 50.4 Å².